The predicted molar refractivity (Wildman–Crippen MR) is 103 cm³/mol. The average Bonchev–Trinajstić information content (AvgIpc) is 2.89. The molecule has 0 radical (unpaired) electrons. The van der Waals surface area contributed by atoms with E-state index >= 15 is 0 Å². The van der Waals surface area contributed by atoms with Crippen LogP contribution in [0.3, 0.4) is 0 Å². The van der Waals surface area contributed by atoms with Crippen LogP contribution in [0.4, 0.5) is 0 Å². The second-order valence-corrected chi connectivity index (χ2v) is 7.24. The zero-order valence-electron chi connectivity index (χ0n) is 16.2. The molecule has 1 fully saturated rings. The molecule has 1 saturated carbocycles. The summed E-state index contributed by atoms with van der Waals surface area (Å²) in [6, 6.07) is 0. The maximum absolute atomic E-state index is 11.1. The van der Waals surface area contributed by atoms with Crippen molar-refractivity contribution in [3.8, 4) is 0 Å². The Morgan fingerprint density at radius 3 is 2.65 bits per heavy atom. The first-order valence-corrected chi connectivity index (χ1v) is 9.93. The Labute approximate surface area is 157 Å². The number of hydrogen-bond acceptors (Lipinski definition) is 5. The molecule has 0 saturated heterocycles. The molecule has 0 spiro atoms. The summed E-state index contributed by atoms with van der Waals surface area (Å²) in [7, 11) is 1.39. The lowest BCUT2D eigenvalue weighted by Crippen LogP contribution is -2.20. The van der Waals surface area contributed by atoms with Gasteiger partial charge in [0.15, 0.2) is 0 Å². The molecule has 26 heavy (non-hydrogen) atoms. The number of allylic oxidation sites excluding steroid dienone is 2. The molecule has 0 aromatic rings. The second-order valence-electron chi connectivity index (χ2n) is 7.24. The fourth-order valence-corrected chi connectivity index (χ4v) is 3.50. The summed E-state index contributed by atoms with van der Waals surface area (Å²) < 4.78 is 4.60. The molecule has 0 heterocycles. The first-order chi connectivity index (χ1) is 12.5. The van der Waals surface area contributed by atoms with Crippen molar-refractivity contribution in [2.24, 2.45) is 11.8 Å². The van der Waals surface area contributed by atoms with Crippen LogP contribution < -0.4 is 0 Å². The summed E-state index contributed by atoms with van der Waals surface area (Å²) in [6.07, 6.45) is 13.1. The third kappa shape index (κ3) is 8.47. The zero-order chi connectivity index (χ0) is 19.4. The van der Waals surface area contributed by atoms with Crippen LogP contribution in [0.15, 0.2) is 24.3 Å². The topological polar surface area (TPSA) is 87.0 Å². The lowest BCUT2D eigenvalue weighted by atomic mass is 9.89. The third-order valence-corrected chi connectivity index (χ3v) is 5.13. The van der Waals surface area contributed by atoms with E-state index in [4.69, 9.17) is 0 Å². The van der Waals surface area contributed by atoms with Crippen LogP contribution in [0, 0.1) is 11.8 Å². The predicted octanol–water partition coefficient (Wildman–Crippen LogP) is 3.13. The van der Waals surface area contributed by atoms with E-state index in [0.29, 0.717) is 19.3 Å². The summed E-state index contributed by atoms with van der Waals surface area (Å²) in [5.41, 5.74) is 0. The SMILES string of the molecule is CCCCCC(O)C=C[C@@H]1[C@@H](CC=CCCCC(=O)OC)[C@@H](O)C[C@H]1O. The lowest BCUT2D eigenvalue weighted by molar-refractivity contribution is -0.140. The number of ether oxygens (including phenoxy) is 1. The van der Waals surface area contributed by atoms with Crippen LogP contribution in [0.5, 0.6) is 0 Å². The monoisotopic (exact) mass is 368 g/mol. The molecule has 0 aromatic heterocycles. The van der Waals surface area contributed by atoms with E-state index in [-0.39, 0.29) is 17.8 Å². The minimum atomic E-state index is -0.568. The van der Waals surface area contributed by atoms with E-state index in [2.05, 4.69) is 11.7 Å². The van der Waals surface area contributed by atoms with Gasteiger partial charge in [-0.15, -0.1) is 0 Å². The van der Waals surface area contributed by atoms with Crippen LogP contribution in [0.2, 0.25) is 0 Å². The van der Waals surface area contributed by atoms with E-state index in [9.17, 15) is 20.1 Å². The number of aliphatic hydroxyl groups excluding tert-OH is 3. The summed E-state index contributed by atoms with van der Waals surface area (Å²) >= 11 is 0. The highest BCUT2D eigenvalue weighted by molar-refractivity contribution is 5.69. The molecule has 3 N–H and O–H groups in total. The molecule has 1 rings (SSSR count). The number of aliphatic hydroxyl groups is 3. The minimum Gasteiger partial charge on any atom is -0.469 e. The lowest BCUT2D eigenvalue weighted by Gasteiger charge is -2.19. The molecule has 0 aliphatic heterocycles. The van der Waals surface area contributed by atoms with Gasteiger partial charge in [0.1, 0.15) is 0 Å². The zero-order valence-corrected chi connectivity index (χ0v) is 16.2. The van der Waals surface area contributed by atoms with Crippen molar-refractivity contribution in [2.75, 3.05) is 7.11 Å². The Kier molecular flexibility index (Phi) is 11.5. The number of esters is 1. The first-order valence-electron chi connectivity index (χ1n) is 9.93. The third-order valence-electron chi connectivity index (χ3n) is 5.13. The van der Waals surface area contributed by atoms with Gasteiger partial charge in [-0.3, -0.25) is 4.79 Å². The van der Waals surface area contributed by atoms with Gasteiger partial charge < -0.3 is 20.1 Å². The van der Waals surface area contributed by atoms with Crippen LogP contribution >= 0.6 is 0 Å². The van der Waals surface area contributed by atoms with E-state index < -0.39 is 18.3 Å². The van der Waals surface area contributed by atoms with E-state index in [0.717, 1.165) is 38.5 Å². The van der Waals surface area contributed by atoms with Crippen molar-refractivity contribution in [1.29, 1.82) is 0 Å². The van der Waals surface area contributed by atoms with Crippen molar-refractivity contribution in [3.05, 3.63) is 24.3 Å². The smallest absolute Gasteiger partial charge is 0.305 e. The van der Waals surface area contributed by atoms with Crippen LogP contribution in [0.1, 0.15) is 64.7 Å². The van der Waals surface area contributed by atoms with E-state index in [1.54, 1.807) is 6.08 Å². The highest BCUT2D eigenvalue weighted by Gasteiger charge is 2.39. The van der Waals surface area contributed by atoms with Crippen LogP contribution in [-0.4, -0.2) is 46.7 Å². The van der Waals surface area contributed by atoms with Crippen LogP contribution in [-0.2, 0) is 9.53 Å². The van der Waals surface area contributed by atoms with Gasteiger partial charge in [0.05, 0.1) is 25.4 Å². The molecular weight excluding hydrogens is 332 g/mol. The normalized spacial score (nSPS) is 27.4. The molecule has 5 heteroatoms. The van der Waals surface area contributed by atoms with Gasteiger partial charge in [0.25, 0.3) is 0 Å². The van der Waals surface area contributed by atoms with Crippen LogP contribution in [0.25, 0.3) is 0 Å². The molecule has 5 atom stereocenters. The molecular formula is C21H36O5. The molecule has 0 bridgehead atoms. The van der Waals surface area contributed by atoms with Gasteiger partial charge in [0, 0.05) is 18.8 Å². The number of carbonyl (C=O) groups excluding carboxylic acids is 1. The number of methoxy groups -OCH3 is 1. The molecule has 1 aliphatic rings. The summed E-state index contributed by atoms with van der Waals surface area (Å²) in [6.45, 7) is 2.13. The van der Waals surface area contributed by atoms with Gasteiger partial charge in [-0.2, -0.15) is 0 Å². The fraction of sp³-hybridized carbons (Fsp3) is 0.762. The quantitative estimate of drug-likeness (QED) is 0.280. The summed E-state index contributed by atoms with van der Waals surface area (Å²) in [4.78, 5) is 11.1. The van der Waals surface area contributed by atoms with Gasteiger partial charge in [0.2, 0.25) is 0 Å². The number of unbranched alkanes of at least 4 members (excludes halogenated alkanes) is 3. The summed E-state index contributed by atoms with van der Waals surface area (Å²) in [5, 5.41) is 30.5. The Balaban J connectivity index is 2.44. The second kappa shape index (κ2) is 13.1. The molecule has 5 nitrogen and oxygen atoms in total. The Morgan fingerprint density at radius 2 is 1.96 bits per heavy atom. The number of hydrogen-bond donors (Lipinski definition) is 3. The van der Waals surface area contributed by atoms with E-state index in [1.165, 1.54) is 7.11 Å². The number of carbonyl (C=O) groups is 1. The van der Waals surface area contributed by atoms with Gasteiger partial charge in [-0.05, 0) is 31.6 Å². The van der Waals surface area contributed by atoms with Crippen molar-refractivity contribution in [2.45, 2.75) is 83.0 Å². The van der Waals surface area contributed by atoms with Gasteiger partial charge in [-0.25, -0.2) is 0 Å². The largest absolute Gasteiger partial charge is 0.469 e. The molecule has 0 amide bonds. The van der Waals surface area contributed by atoms with Crippen molar-refractivity contribution >= 4 is 5.97 Å². The average molecular weight is 369 g/mol. The fourth-order valence-electron chi connectivity index (χ4n) is 3.50. The van der Waals surface area contributed by atoms with Gasteiger partial charge >= 0.3 is 5.97 Å². The highest BCUT2D eigenvalue weighted by Crippen LogP contribution is 2.36. The van der Waals surface area contributed by atoms with Gasteiger partial charge in [-0.1, -0.05) is 50.5 Å². The van der Waals surface area contributed by atoms with Crippen molar-refractivity contribution in [3.63, 3.8) is 0 Å². The Bertz CT molecular complexity index is 446. The minimum absolute atomic E-state index is 0.0408. The molecule has 1 aliphatic carbocycles. The maximum Gasteiger partial charge on any atom is 0.305 e. The van der Waals surface area contributed by atoms with E-state index in [1.807, 2.05) is 18.2 Å². The summed E-state index contributed by atoms with van der Waals surface area (Å²) in [5.74, 6) is -0.373. The maximum atomic E-state index is 11.1. The standard InChI is InChI=1S/C21H36O5/c1-3-4-7-10-16(22)13-14-18-17(19(23)15-20(18)24)11-8-5-6-9-12-21(25)26-2/h5,8,13-14,16-20,22-24H,3-4,6-7,9-12,15H2,1-2H3/t16?,17-,18-,19+,20-/m1/s1. The number of rotatable bonds is 12. The van der Waals surface area contributed by atoms with Crippen molar-refractivity contribution < 1.29 is 24.9 Å². The first kappa shape index (κ1) is 22.9. The Hall–Kier alpha value is -1.17. The molecule has 1 unspecified atom stereocenters. The van der Waals surface area contributed by atoms with Crippen molar-refractivity contribution in [1.82, 2.24) is 0 Å². The molecule has 150 valence electrons. The highest BCUT2D eigenvalue weighted by atomic mass is 16.5. The molecule has 0 aromatic carbocycles. The Morgan fingerprint density at radius 1 is 1.19 bits per heavy atom.